The average Bonchev–Trinajstić information content (AvgIpc) is 2.36. The minimum atomic E-state index is -0.0680. The maximum absolute atomic E-state index is 6.13. The third kappa shape index (κ3) is 4.49. The SMILES string of the molecule is COc1ccc(Nc2nc(C)cc(NC(C)(C)C)n2)cc1Cl. The van der Waals surface area contributed by atoms with Crippen molar-refractivity contribution >= 4 is 29.1 Å². The van der Waals surface area contributed by atoms with E-state index in [9.17, 15) is 0 Å². The van der Waals surface area contributed by atoms with Gasteiger partial charge in [-0.15, -0.1) is 0 Å². The van der Waals surface area contributed by atoms with Crippen LogP contribution in [-0.2, 0) is 0 Å². The number of nitrogens with zero attached hydrogens (tertiary/aromatic N) is 2. The molecule has 0 radical (unpaired) electrons. The topological polar surface area (TPSA) is 59.1 Å². The second-order valence-electron chi connectivity index (χ2n) is 6.07. The molecular weight excluding hydrogens is 300 g/mol. The Morgan fingerprint density at radius 2 is 1.86 bits per heavy atom. The van der Waals surface area contributed by atoms with Gasteiger partial charge in [0, 0.05) is 23.0 Å². The minimum absolute atomic E-state index is 0.0680. The Hall–Kier alpha value is -2.01. The average molecular weight is 321 g/mol. The Kier molecular flexibility index (Phi) is 4.76. The molecule has 22 heavy (non-hydrogen) atoms. The highest BCUT2D eigenvalue weighted by Gasteiger charge is 2.12. The summed E-state index contributed by atoms with van der Waals surface area (Å²) in [6.45, 7) is 8.18. The van der Waals surface area contributed by atoms with Crippen molar-refractivity contribution in [3.63, 3.8) is 0 Å². The summed E-state index contributed by atoms with van der Waals surface area (Å²) in [6, 6.07) is 7.36. The van der Waals surface area contributed by atoms with Gasteiger partial charge in [0.1, 0.15) is 11.6 Å². The fraction of sp³-hybridized carbons (Fsp3) is 0.375. The molecule has 0 atom stereocenters. The molecule has 0 aliphatic heterocycles. The Morgan fingerprint density at radius 3 is 2.45 bits per heavy atom. The monoisotopic (exact) mass is 320 g/mol. The third-order valence-electron chi connectivity index (χ3n) is 2.77. The number of halogens is 1. The van der Waals surface area contributed by atoms with Gasteiger partial charge in [0.05, 0.1) is 12.1 Å². The van der Waals surface area contributed by atoms with Crippen LogP contribution in [0.1, 0.15) is 26.5 Å². The standard InChI is InChI=1S/C16H21ClN4O/c1-10-8-14(21-16(2,3)4)20-15(18-10)19-11-6-7-13(22-5)12(17)9-11/h6-9H,1-5H3,(H2,18,19,20,21). The summed E-state index contributed by atoms with van der Waals surface area (Å²) in [5.41, 5.74) is 1.61. The second kappa shape index (κ2) is 6.40. The van der Waals surface area contributed by atoms with Crippen LogP contribution in [0.2, 0.25) is 5.02 Å². The van der Waals surface area contributed by atoms with Crippen molar-refractivity contribution in [1.29, 1.82) is 0 Å². The number of hydrogen-bond acceptors (Lipinski definition) is 5. The molecule has 0 saturated carbocycles. The van der Waals surface area contributed by atoms with Crippen LogP contribution in [0.5, 0.6) is 5.75 Å². The number of hydrogen-bond donors (Lipinski definition) is 2. The van der Waals surface area contributed by atoms with Crippen molar-refractivity contribution in [3.05, 3.63) is 35.0 Å². The molecule has 6 heteroatoms. The quantitative estimate of drug-likeness (QED) is 0.874. The number of ether oxygens (including phenoxy) is 1. The molecule has 0 spiro atoms. The van der Waals surface area contributed by atoms with Gasteiger partial charge in [0.25, 0.3) is 0 Å². The number of benzene rings is 1. The molecule has 2 rings (SSSR count). The number of methoxy groups -OCH3 is 1. The predicted octanol–water partition coefficient (Wildman–Crippen LogP) is 4.40. The van der Waals surface area contributed by atoms with E-state index < -0.39 is 0 Å². The highest BCUT2D eigenvalue weighted by Crippen LogP contribution is 2.28. The first kappa shape index (κ1) is 16.4. The summed E-state index contributed by atoms with van der Waals surface area (Å²) < 4.78 is 5.14. The fourth-order valence-corrected chi connectivity index (χ4v) is 2.20. The molecule has 1 heterocycles. The van der Waals surface area contributed by atoms with Crippen molar-refractivity contribution in [1.82, 2.24) is 9.97 Å². The van der Waals surface area contributed by atoms with Crippen LogP contribution >= 0.6 is 11.6 Å². The Bertz CT molecular complexity index is 668. The normalized spacial score (nSPS) is 11.2. The van der Waals surface area contributed by atoms with Crippen molar-refractivity contribution in [2.24, 2.45) is 0 Å². The Morgan fingerprint density at radius 1 is 1.14 bits per heavy atom. The summed E-state index contributed by atoms with van der Waals surface area (Å²) in [4.78, 5) is 8.87. The maximum atomic E-state index is 6.13. The van der Waals surface area contributed by atoms with Gasteiger partial charge in [-0.3, -0.25) is 0 Å². The molecule has 1 aromatic heterocycles. The van der Waals surface area contributed by atoms with Crippen molar-refractivity contribution < 1.29 is 4.74 Å². The van der Waals surface area contributed by atoms with E-state index in [1.807, 2.05) is 19.1 Å². The number of nitrogens with one attached hydrogen (secondary N) is 2. The molecule has 0 unspecified atom stereocenters. The summed E-state index contributed by atoms with van der Waals surface area (Å²) in [5, 5.41) is 7.04. The fourth-order valence-electron chi connectivity index (χ4n) is 1.95. The molecule has 0 bridgehead atoms. The van der Waals surface area contributed by atoms with Crippen LogP contribution < -0.4 is 15.4 Å². The van der Waals surface area contributed by atoms with Gasteiger partial charge in [-0.1, -0.05) is 11.6 Å². The van der Waals surface area contributed by atoms with Gasteiger partial charge < -0.3 is 15.4 Å². The van der Waals surface area contributed by atoms with Crippen LogP contribution in [0.3, 0.4) is 0 Å². The maximum Gasteiger partial charge on any atom is 0.229 e. The highest BCUT2D eigenvalue weighted by atomic mass is 35.5. The molecule has 118 valence electrons. The van der Waals surface area contributed by atoms with E-state index >= 15 is 0 Å². The second-order valence-corrected chi connectivity index (χ2v) is 6.47. The number of anilines is 3. The lowest BCUT2D eigenvalue weighted by Crippen LogP contribution is -2.27. The van der Waals surface area contributed by atoms with Crippen molar-refractivity contribution in [2.45, 2.75) is 33.2 Å². The molecule has 0 aliphatic carbocycles. The first-order chi connectivity index (χ1) is 10.3. The molecule has 0 aliphatic rings. The molecular formula is C16H21ClN4O. The lowest BCUT2D eigenvalue weighted by Gasteiger charge is -2.21. The molecule has 0 saturated heterocycles. The lowest BCUT2D eigenvalue weighted by molar-refractivity contribution is 0.415. The first-order valence-electron chi connectivity index (χ1n) is 7.01. The summed E-state index contributed by atoms with van der Waals surface area (Å²) >= 11 is 6.13. The van der Waals surface area contributed by atoms with E-state index in [1.165, 1.54) is 0 Å². The minimum Gasteiger partial charge on any atom is -0.495 e. The molecule has 2 aromatic rings. The first-order valence-corrected chi connectivity index (χ1v) is 7.39. The van der Waals surface area contributed by atoms with Gasteiger partial charge >= 0.3 is 0 Å². The molecule has 0 fully saturated rings. The number of aryl methyl sites for hydroxylation is 1. The number of rotatable bonds is 4. The molecule has 5 nitrogen and oxygen atoms in total. The summed E-state index contributed by atoms with van der Waals surface area (Å²) in [7, 11) is 1.59. The van der Waals surface area contributed by atoms with Gasteiger partial charge in [-0.2, -0.15) is 4.98 Å². The summed E-state index contributed by atoms with van der Waals surface area (Å²) in [5.74, 6) is 1.93. The van der Waals surface area contributed by atoms with Crippen LogP contribution in [0.15, 0.2) is 24.3 Å². The predicted molar refractivity (Wildman–Crippen MR) is 91.4 cm³/mol. The molecule has 1 aromatic carbocycles. The third-order valence-corrected chi connectivity index (χ3v) is 3.06. The van der Waals surface area contributed by atoms with Gasteiger partial charge in [0.2, 0.25) is 5.95 Å². The van der Waals surface area contributed by atoms with E-state index in [-0.39, 0.29) is 5.54 Å². The van der Waals surface area contributed by atoms with E-state index in [0.717, 1.165) is 17.2 Å². The highest BCUT2D eigenvalue weighted by molar-refractivity contribution is 6.32. The Balaban J connectivity index is 2.24. The van der Waals surface area contributed by atoms with E-state index in [2.05, 4.69) is 41.4 Å². The lowest BCUT2D eigenvalue weighted by atomic mass is 10.1. The van der Waals surface area contributed by atoms with Crippen LogP contribution in [-0.4, -0.2) is 22.6 Å². The molecule has 2 N–H and O–H groups in total. The van der Waals surface area contributed by atoms with Gasteiger partial charge in [0.15, 0.2) is 0 Å². The van der Waals surface area contributed by atoms with Gasteiger partial charge in [-0.25, -0.2) is 4.98 Å². The van der Waals surface area contributed by atoms with Crippen LogP contribution in [0.4, 0.5) is 17.5 Å². The van der Waals surface area contributed by atoms with E-state index in [4.69, 9.17) is 16.3 Å². The zero-order valence-corrected chi connectivity index (χ0v) is 14.2. The largest absolute Gasteiger partial charge is 0.495 e. The number of aromatic nitrogens is 2. The smallest absolute Gasteiger partial charge is 0.229 e. The Labute approximate surface area is 136 Å². The molecule has 0 amide bonds. The van der Waals surface area contributed by atoms with Crippen molar-refractivity contribution in [3.8, 4) is 5.75 Å². The van der Waals surface area contributed by atoms with Crippen LogP contribution in [0, 0.1) is 6.92 Å². The van der Waals surface area contributed by atoms with E-state index in [0.29, 0.717) is 16.7 Å². The van der Waals surface area contributed by atoms with Gasteiger partial charge in [-0.05, 0) is 45.9 Å². The van der Waals surface area contributed by atoms with Crippen molar-refractivity contribution in [2.75, 3.05) is 17.7 Å². The van der Waals surface area contributed by atoms with Crippen LogP contribution in [0.25, 0.3) is 0 Å². The van der Waals surface area contributed by atoms with E-state index in [1.54, 1.807) is 19.2 Å². The zero-order valence-electron chi connectivity index (χ0n) is 13.5. The summed E-state index contributed by atoms with van der Waals surface area (Å²) in [6.07, 6.45) is 0. The zero-order chi connectivity index (χ0) is 16.3.